The van der Waals surface area contributed by atoms with Crippen molar-refractivity contribution in [2.24, 2.45) is 0 Å². The van der Waals surface area contributed by atoms with Gasteiger partial charge in [-0.25, -0.2) is 12.8 Å². The van der Waals surface area contributed by atoms with Crippen LogP contribution in [0.1, 0.15) is 6.92 Å². The van der Waals surface area contributed by atoms with Crippen molar-refractivity contribution >= 4 is 44.9 Å². The molecule has 0 unspecified atom stereocenters. The molecule has 0 aliphatic heterocycles. The first kappa shape index (κ1) is 21.3. The summed E-state index contributed by atoms with van der Waals surface area (Å²) in [7, 11) is -2.91. The van der Waals surface area contributed by atoms with Gasteiger partial charge in [-0.1, -0.05) is 23.2 Å². The van der Waals surface area contributed by atoms with Gasteiger partial charge >= 0.3 is 5.97 Å². The van der Waals surface area contributed by atoms with E-state index in [4.69, 9.17) is 32.7 Å². The van der Waals surface area contributed by atoms with Crippen molar-refractivity contribution in [3.63, 3.8) is 0 Å². The zero-order valence-corrected chi connectivity index (χ0v) is 16.7. The van der Waals surface area contributed by atoms with Gasteiger partial charge in [0.2, 0.25) is 0 Å². The summed E-state index contributed by atoms with van der Waals surface area (Å²) in [5, 5.41) is 0.150. The van der Waals surface area contributed by atoms with Gasteiger partial charge in [0.15, 0.2) is 0 Å². The quantitative estimate of drug-likeness (QED) is 0.616. The molecule has 0 amide bonds. The number of halogens is 3. The van der Waals surface area contributed by atoms with Gasteiger partial charge in [0.05, 0.1) is 34.3 Å². The predicted molar refractivity (Wildman–Crippen MR) is 101 cm³/mol. The summed E-state index contributed by atoms with van der Waals surface area (Å²) < 4.78 is 50.1. The molecule has 0 aromatic heterocycles. The van der Waals surface area contributed by atoms with E-state index < -0.39 is 28.4 Å². The highest BCUT2D eigenvalue weighted by molar-refractivity contribution is 7.92. The van der Waals surface area contributed by atoms with E-state index in [2.05, 4.69) is 0 Å². The Morgan fingerprint density at radius 2 is 1.78 bits per heavy atom. The molecule has 0 N–H and O–H groups in total. The SMILES string of the molecule is CCOC(=O)CN(c1cc(OC)c(Cl)cc1Cl)S(=O)(=O)c1ccc(F)cc1. The van der Waals surface area contributed by atoms with Crippen LogP contribution in [0.4, 0.5) is 10.1 Å². The Morgan fingerprint density at radius 1 is 1.15 bits per heavy atom. The van der Waals surface area contributed by atoms with E-state index in [1.54, 1.807) is 6.92 Å². The fourth-order valence-corrected chi connectivity index (χ4v) is 4.26. The van der Waals surface area contributed by atoms with E-state index in [0.29, 0.717) is 0 Å². The fourth-order valence-electron chi connectivity index (χ4n) is 2.22. The standard InChI is InChI=1S/C17H16Cl2FNO5S/c1-3-26-17(22)10-21(15-9-16(25-2)14(19)8-13(15)18)27(23,24)12-6-4-11(20)5-7-12/h4-9H,3,10H2,1-2H3. The number of rotatable bonds is 7. The minimum atomic E-state index is -4.26. The molecule has 0 bridgehead atoms. The summed E-state index contributed by atoms with van der Waals surface area (Å²) in [5.41, 5.74) is -0.0321. The van der Waals surface area contributed by atoms with E-state index in [9.17, 15) is 17.6 Å². The van der Waals surface area contributed by atoms with Gasteiger partial charge in [-0.05, 0) is 37.3 Å². The van der Waals surface area contributed by atoms with Crippen LogP contribution in [-0.4, -0.2) is 34.6 Å². The van der Waals surface area contributed by atoms with Gasteiger partial charge in [0.1, 0.15) is 18.1 Å². The molecule has 0 heterocycles. The third kappa shape index (κ3) is 4.82. The highest BCUT2D eigenvalue weighted by Gasteiger charge is 2.30. The predicted octanol–water partition coefficient (Wildman–Crippen LogP) is 3.90. The van der Waals surface area contributed by atoms with Gasteiger partial charge in [-0.3, -0.25) is 9.10 Å². The molecule has 0 aliphatic carbocycles. The highest BCUT2D eigenvalue weighted by Crippen LogP contribution is 2.38. The van der Waals surface area contributed by atoms with E-state index in [0.717, 1.165) is 28.6 Å². The van der Waals surface area contributed by atoms with Crippen molar-refractivity contribution in [3.8, 4) is 5.75 Å². The van der Waals surface area contributed by atoms with Crippen LogP contribution >= 0.6 is 23.2 Å². The fraction of sp³-hybridized carbons (Fsp3) is 0.235. The summed E-state index contributed by atoms with van der Waals surface area (Å²) in [5.74, 6) is -1.22. The summed E-state index contributed by atoms with van der Waals surface area (Å²) in [6.45, 7) is 1.02. The molecule has 2 aromatic rings. The van der Waals surface area contributed by atoms with Crippen molar-refractivity contribution in [2.75, 3.05) is 24.6 Å². The molecule has 2 rings (SSSR count). The molecule has 0 atom stereocenters. The van der Waals surface area contributed by atoms with Crippen LogP contribution in [0.5, 0.6) is 5.75 Å². The minimum absolute atomic E-state index is 0.0178. The molecular formula is C17H16Cl2FNO5S. The molecule has 27 heavy (non-hydrogen) atoms. The van der Waals surface area contributed by atoms with E-state index >= 15 is 0 Å². The molecular weight excluding hydrogens is 420 g/mol. The van der Waals surface area contributed by atoms with Crippen LogP contribution in [-0.2, 0) is 19.6 Å². The van der Waals surface area contributed by atoms with E-state index in [-0.39, 0.29) is 33.0 Å². The number of carbonyl (C=O) groups excluding carboxylic acids is 1. The Balaban J connectivity index is 2.61. The minimum Gasteiger partial charge on any atom is -0.495 e. The highest BCUT2D eigenvalue weighted by atomic mass is 35.5. The molecule has 0 spiro atoms. The Kier molecular flexibility index (Phi) is 6.91. The first-order chi connectivity index (χ1) is 12.7. The number of hydrogen-bond donors (Lipinski definition) is 0. The lowest BCUT2D eigenvalue weighted by molar-refractivity contribution is -0.141. The zero-order valence-electron chi connectivity index (χ0n) is 14.4. The molecule has 0 radical (unpaired) electrons. The number of esters is 1. The first-order valence-corrected chi connectivity index (χ1v) is 9.87. The maximum atomic E-state index is 13.2. The van der Waals surface area contributed by atoms with Crippen LogP contribution in [0.2, 0.25) is 10.0 Å². The lowest BCUT2D eigenvalue weighted by Gasteiger charge is -2.25. The second-order valence-electron chi connectivity index (χ2n) is 5.21. The number of anilines is 1. The Labute approximate surface area is 166 Å². The largest absolute Gasteiger partial charge is 0.495 e. The molecule has 0 aliphatic rings. The Morgan fingerprint density at radius 3 is 2.33 bits per heavy atom. The maximum absolute atomic E-state index is 13.2. The molecule has 6 nitrogen and oxygen atoms in total. The number of nitrogens with zero attached hydrogens (tertiary/aromatic N) is 1. The van der Waals surface area contributed by atoms with Gasteiger partial charge < -0.3 is 9.47 Å². The normalized spacial score (nSPS) is 11.1. The summed E-state index contributed by atoms with van der Waals surface area (Å²) >= 11 is 12.2. The van der Waals surface area contributed by atoms with Gasteiger partial charge in [0, 0.05) is 6.07 Å². The number of hydrogen-bond acceptors (Lipinski definition) is 5. The lowest BCUT2D eigenvalue weighted by atomic mass is 10.3. The molecule has 146 valence electrons. The van der Waals surface area contributed by atoms with Crippen LogP contribution in [0.3, 0.4) is 0 Å². The molecule has 2 aromatic carbocycles. The second-order valence-corrected chi connectivity index (χ2v) is 7.89. The van der Waals surface area contributed by atoms with E-state index in [1.807, 2.05) is 0 Å². The van der Waals surface area contributed by atoms with Crippen molar-refractivity contribution in [2.45, 2.75) is 11.8 Å². The summed E-state index contributed by atoms with van der Waals surface area (Å²) in [6.07, 6.45) is 0. The topological polar surface area (TPSA) is 72.9 Å². The van der Waals surface area contributed by atoms with Crippen LogP contribution < -0.4 is 9.04 Å². The van der Waals surface area contributed by atoms with Gasteiger partial charge in [0.25, 0.3) is 10.0 Å². The maximum Gasteiger partial charge on any atom is 0.326 e. The number of benzene rings is 2. The third-order valence-corrected chi connectivity index (χ3v) is 5.84. The van der Waals surface area contributed by atoms with Crippen molar-refractivity contribution in [1.82, 2.24) is 0 Å². The van der Waals surface area contributed by atoms with Gasteiger partial charge in [-0.15, -0.1) is 0 Å². The molecule has 0 saturated carbocycles. The third-order valence-electron chi connectivity index (χ3n) is 3.47. The van der Waals surface area contributed by atoms with Crippen molar-refractivity contribution in [1.29, 1.82) is 0 Å². The monoisotopic (exact) mass is 435 g/mol. The Hall–Kier alpha value is -2.03. The van der Waals surface area contributed by atoms with Crippen LogP contribution in [0.15, 0.2) is 41.3 Å². The summed E-state index contributed by atoms with van der Waals surface area (Å²) in [6, 6.07) is 6.77. The number of sulfonamides is 1. The molecule has 10 heteroatoms. The number of methoxy groups -OCH3 is 1. The number of carbonyl (C=O) groups is 1. The van der Waals surface area contributed by atoms with Crippen molar-refractivity contribution < 1.29 is 27.1 Å². The molecule has 0 fully saturated rings. The second kappa shape index (κ2) is 8.77. The van der Waals surface area contributed by atoms with Gasteiger partial charge in [-0.2, -0.15) is 0 Å². The van der Waals surface area contributed by atoms with E-state index in [1.165, 1.54) is 19.2 Å². The average Bonchev–Trinajstić information content (AvgIpc) is 2.61. The smallest absolute Gasteiger partial charge is 0.326 e. The Bertz CT molecular complexity index is 935. The molecule has 0 saturated heterocycles. The summed E-state index contributed by atoms with van der Waals surface area (Å²) in [4.78, 5) is 11.8. The van der Waals surface area contributed by atoms with Crippen LogP contribution in [0.25, 0.3) is 0 Å². The average molecular weight is 436 g/mol. The first-order valence-electron chi connectivity index (χ1n) is 7.67. The lowest BCUT2D eigenvalue weighted by Crippen LogP contribution is -2.36. The zero-order chi connectivity index (χ0) is 20.2. The number of ether oxygens (including phenoxy) is 2. The van der Waals surface area contributed by atoms with Crippen molar-refractivity contribution in [3.05, 3.63) is 52.3 Å². The van der Waals surface area contributed by atoms with Crippen LogP contribution in [0, 0.1) is 5.82 Å².